The van der Waals surface area contributed by atoms with Gasteiger partial charge < -0.3 is 4.57 Å². The minimum absolute atomic E-state index is 0.0451. The molecule has 1 aliphatic rings. The SMILES string of the molecule is O=[N+]([O-])c1ccc(C#CC#CC#Cc2cc3c(n2Cc2ccccc2)CCCC3)cc1. The lowest BCUT2D eigenvalue weighted by molar-refractivity contribution is -0.384. The molecule has 0 saturated heterocycles. The van der Waals surface area contributed by atoms with Crippen molar-refractivity contribution < 1.29 is 4.92 Å². The van der Waals surface area contributed by atoms with Crippen molar-refractivity contribution in [3.8, 4) is 35.5 Å². The van der Waals surface area contributed by atoms with Gasteiger partial charge >= 0.3 is 0 Å². The van der Waals surface area contributed by atoms with Crippen LogP contribution in [0.1, 0.15) is 40.9 Å². The zero-order valence-corrected chi connectivity index (χ0v) is 17.0. The highest BCUT2D eigenvalue weighted by atomic mass is 16.6. The summed E-state index contributed by atoms with van der Waals surface area (Å²) in [6, 6.07) is 18.7. The lowest BCUT2D eigenvalue weighted by Crippen LogP contribution is -2.10. The molecule has 0 radical (unpaired) electrons. The van der Waals surface area contributed by atoms with Gasteiger partial charge in [-0.15, -0.1) is 0 Å². The van der Waals surface area contributed by atoms with Gasteiger partial charge in [0.25, 0.3) is 5.69 Å². The van der Waals surface area contributed by atoms with E-state index in [1.165, 1.54) is 41.8 Å². The number of nitro groups is 1. The molecule has 2 aromatic carbocycles. The monoisotopic (exact) mass is 404 g/mol. The van der Waals surface area contributed by atoms with Crippen molar-refractivity contribution >= 4 is 5.69 Å². The molecule has 0 unspecified atom stereocenters. The van der Waals surface area contributed by atoms with Crippen LogP contribution in [0.5, 0.6) is 0 Å². The van der Waals surface area contributed by atoms with E-state index in [0.717, 1.165) is 25.1 Å². The van der Waals surface area contributed by atoms with Gasteiger partial charge in [0.05, 0.1) is 10.6 Å². The molecule has 0 fully saturated rings. The van der Waals surface area contributed by atoms with Crippen molar-refractivity contribution in [1.29, 1.82) is 0 Å². The number of nitro benzene ring substituents is 1. The van der Waals surface area contributed by atoms with E-state index in [1.54, 1.807) is 12.1 Å². The lowest BCUT2D eigenvalue weighted by atomic mass is 9.98. The molecule has 1 heterocycles. The predicted octanol–water partition coefficient (Wildman–Crippen LogP) is 4.73. The van der Waals surface area contributed by atoms with Gasteiger partial charge in [-0.2, -0.15) is 0 Å². The van der Waals surface area contributed by atoms with Crippen molar-refractivity contribution in [3.63, 3.8) is 0 Å². The van der Waals surface area contributed by atoms with Crippen LogP contribution in [0.25, 0.3) is 0 Å². The third-order valence-corrected chi connectivity index (χ3v) is 5.25. The maximum absolute atomic E-state index is 10.7. The predicted molar refractivity (Wildman–Crippen MR) is 121 cm³/mol. The van der Waals surface area contributed by atoms with Crippen LogP contribution < -0.4 is 0 Å². The fourth-order valence-corrected chi connectivity index (χ4v) is 3.74. The average Bonchev–Trinajstić information content (AvgIpc) is 3.14. The van der Waals surface area contributed by atoms with Gasteiger partial charge in [-0.05, 0) is 84.6 Å². The molecule has 4 rings (SSSR count). The second kappa shape index (κ2) is 9.53. The van der Waals surface area contributed by atoms with Crippen LogP contribution in [-0.2, 0) is 19.4 Å². The number of benzene rings is 2. The van der Waals surface area contributed by atoms with Crippen LogP contribution in [0.15, 0.2) is 60.7 Å². The molecule has 0 spiro atoms. The third-order valence-electron chi connectivity index (χ3n) is 5.25. The Hall–Kier alpha value is -4.20. The first-order valence-corrected chi connectivity index (χ1v) is 10.2. The third kappa shape index (κ3) is 5.05. The molecule has 0 aliphatic heterocycles. The number of non-ortho nitro benzene ring substituents is 1. The maximum Gasteiger partial charge on any atom is 0.269 e. The second-order valence-electron chi connectivity index (χ2n) is 7.33. The summed E-state index contributed by atoms with van der Waals surface area (Å²) in [5.74, 6) is 17.3. The normalized spacial score (nSPS) is 11.6. The Morgan fingerprint density at radius 2 is 1.58 bits per heavy atom. The molecule has 0 N–H and O–H groups in total. The van der Waals surface area contributed by atoms with Crippen molar-refractivity contribution in [3.05, 3.63) is 98.9 Å². The number of hydrogen-bond donors (Lipinski definition) is 0. The first-order valence-electron chi connectivity index (χ1n) is 10.2. The molecule has 1 aromatic heterocycles. The quantitative estimate of drug-likeness (QED) is 0.360. The van der Waals surface area contributed by atoms with Gasteiger partial charge in [0.2, 0.25) is 0 Å². The van der Waals surface area contributed by atoms with Crippen molar-refractivity contribution in [2.45, 2.75) is 32.2 Å². The summed E-state index contributed by atoms with van der Waals surface area (Å²) in [5, 5.41) is 10.7. The van der Waals surface area contributed by atoms with Gasteiger partial charge in [0.15, 0.2) is 0 Å². The number of rotatable bonds is 3. The Labute approximate surface area is 182 Å². The molecule has 0 saturated carbocycles. The smallest absolute Gasteiger partial charge is 0.269 e. The van der Waals surface area contributed by atoms with E-state index in [2.05, 4.69) is 70.4 Å². The lowest BCUT2D eigenvalue weighted by Gasteiger charge is -2.16. The molecular weight excluding hydrogens is 384 g/mol. The summed E-state index contributed by atoms with van der Waals surface area (Å²) in [5.41, 5.74) is 5.77. The van der Waals surface area contributed by atoms with Crippen LogP contribution in [0.3, 0.4) is 0 Å². The minimum Gasteiger partial charge on any atom is -0.334 e. The number of hydrogen-bond acceptors (Lipinski definition) is 2. The van der Waals surface area contributed by atoms with E-state index in [9.17, 15) is 10.1 Å². The van der Waals surface area contributed by atoms with Crippen LogP contribution in [0.4, 0.5) is 5.69 Å². The van der Waals surface area contributed by atoms with Gasteiger partial charge in [-0.25, -0.2) is 0 Å². The molecule has 0 amide bonds. The number of fused-ring (bicyclic) bond motifs is 1. The van der Waals surface area contributed by atoms with Crippen LogP contribution >= 0.6 is 0 Å². The fourth-order valence-electron chi connectivity index (χ4n) is 3.74. The van der Waals surface area contributed by atoms with Gasteiger partial charge in [-0.1, -0.05) is 36.3 Å². The van der Waals surface area contributed by atoms with E-state index < -0.39 is 4.92 Å². The average molecular weight is 404 g/mol. The van der Waals surface area contributed by atoms with E-state index in [0.29, 0.717) is 5.56 Å². The van der Waals surface area contributed by atoms with E-state index in [1.807, 2.05) is 6.07 Å². The Kier molecular flexibility index (Phi) is 6.18. The minimum atomic E-state index is -0.432. The van der Waals surface area contributed by atoms with E-state index >= 15 is 0 Å². The fraction of sp³-hybridized carbons (Fsp3) is 0.185. The highest BCUT2D eigenvalue weighted by Gasteiger charge is 2.17. The molecule has 3 aromatic rings. The first kappa shape index (κ1) is 20.1. The zero-order chi connectivity index (χ0) is 21.5. The van der Waals surface area contributed by atoms with Crippen LogP contribution in [0.2, 0.25) is 0 Å². The summed E-state index contributed by atoms with van der Waals surface area (Å²) >= 11 is 0. The van der Waals surface area contributed by atoms with Crippen molar-refractivity contribution in [2.24, 2.45) is 0 Å². The van der Waals surface area contributed by atoms with E-state index in [4.69, 9.17) is 0 Å². The molecular formula is C27H20N2O2. The van der Waals surface area contributed by atoms with Gasteiger partial charge in [0, 0.05) is 29.9 Å². The summed E-state index contributed by atoms with van der Waals surface area (Å²) < 4.78 is 2.32. The number of aromatic nitrogens is 1. The highest BCUT2D eigenvalue weighted by molar-refractivity contribution is 5.47. The second-order valence-corrected chi connectivity index (χ2v) is 7.33. The molecule has 31 heavy (non-hydrogen) atoms. The summed E-state index contributed by atoms with van der Waals surface area (Å²) in [6.07, 6.45) is 4.65. The van der Waals surface area contributed by atoms with Crippen LogP contribution in [0, 0.1) is 45.6 Å². The van der Waals surface area contributed by atoms with E-state index in [-0.39, 0.29) is 5.69 Å². The molecule has 4 heteroatoms. The molecule has 4 nitrogen and oxygen atoms in total. The first-order chi connectivity index (χ1) is 15.2. The molecule has 1 aliphatic carbocycles. The van der Waals surface area contributed by atoms with Crippen molar-refractivity contribution in [2.75, 3.05) is 0 Å². The standard InChI is InChI=1S/C27H20N2O2/c30-29(31)25-18-16-22(17-19-25)10-4-1-2-7-14-26-20-24-13-8-9-15-27(24)28(26)21-23-11-5-3-6-12-23/h3,5-6,11-12,16-20H,8-9,13,15,21H2. The number of aryl methyl sites for hydroxylation is 1. The Morgan fingerprint density at radius 1 is 0.871 bits per heavy atom. The van der Waals surface area contributed by atoms with Crippen LogP contribution in [-0.4, -0.2) is 9.49 Å². The Morgan fingerprint density at radius 3 is 2.32 bits per heavy atom. The Balaban J connectivity index is 1.52. The maximum atomic E-state index is 10.7. The van der Waals surface area contributed by atoms with Crippen molar-refractivity contribution in [1.82, 2.24) is 4.57 Å². The zero-order valence-electron chi connectivity index (χ0n) is 17.0. The summed E-state index contributed by atoms with van der Waals surface area (Å²) in [7, 11) is 0. The molecule has 150 valence electrons. The highest BCUT2D eigenvalue weighted by Crippen LogP contribution is 2.25. The van der Waals surface area contributed by atoms with Gasteiger partial charge in [-0.3, -0.25) is 10.1 Å². The topological polar surface area (TPSA) is 48.1 Å². The molecule has 0 atom stereocenters. The number of nitrogens with zero attached hydrogens (tertiary/aromatic N) is 2. The largest absolute Gasteiger partial charge is 0.334 e. The summed E-state index contributed by atoms with van der Waals surface area (Å²) in [4.78, 5) is 10.3. The molecule has 0 bridgehead atoms. The summed E-state index contributed by atoms with van der Waals surface area (Å²) in [6.45, 7) is 0.813. The van der Waals surface area contributed by atoms with Gasteiger partial charge in [0.1, 0.15) is 0 Å². The Bertz CT molecular complexity index is 1280.